The highest BCUT2D eigenvalue weighted by atomic mass is 16.4. The summed E-state index contributed by atoms with van der Waals surface area (Å²) in [5, 5.41) is 8.74. The minimum Gasteiger partial charge on any atom is -0.476 e. The Morgan fingerprint density at radius 2 is 2.31 bits per heavy atom. The number of hydrogen-bond acceptors (Lipinski definition) is 4. The zero-order chi connectivity index (χ0) is 10.0. The fraction of sp³-hybridized carbons (Fsp3) is 0.500. The van der Waals surface area contributed by atoms with Crippen LogP contribution in [0.5, 0.6) is 0 Å². The Morgan fingerprint density at radius 3 is 2.77 bits per heavy atom. The summed E-state index contributed by atoms with van der Waals surface area (Å²) >= 11 is 0. The molecule has 0 unspecified atom stereocenters. The van der Waals surface area contributed by atoms with Gasteiger partial charge in [0.2, 0.25) is 0 Å². The number of oxazole rings is 1. The molecular weight excluding hydrogens is 172 g/mol. The van der Waals surface area contributed by atoms with Gasteiger partial charge < -0.3 is 9.52 Å². The van der Waals surface area contributed by atoms with Gasteiger partial charge in [-0.3, -0.25) is 4.90 Å². The Morgan fingerprint density at radius 1 is 1.69 bits per heavy atom. The highest BCUT2D eigenvalue weighted by molar-refractivity contribution is 5.86. The summed E-state index contributed by atoms with van der Waals surface area (Å²) in [6.07, 6.45) is 1.15. The van der Waals surface area contributed by atoms with Crippen molar-refractivity contribution < 1.29 is 14.3 Å². The van der Waals surface area contributed by atoms with E-state index < -0.39 is 5.97 Å². The molecule has 0 saturated heterocycles. The summed E-state index contributed by atoms with van der Waals surface area (Å²) < 4.78 is 5.02. The molecule has 0 saturated carbocycles. The predicted octanol–water partition coefficient (Wildman–Crippen LogP) is 0.995. The summed E-state index contributed by atoms with van der Waals surface area (Å²) in [5.41, 5.74) is -0.0128. The van der Waals surface area contributed by atoms with E-state index in [4.69, 9.17) is 9.52 Å². The maximum atomic E-state index is 10.7. The first-order valence-electron chi connectivity index (χ1n) is 3.87. The first-order chi connectivity index (χ1) is 6.04. The maximum absolute atomic E-state index is 10.7. The van der Waals surface area contributed by atoms with E-state index in [-0.39, 0.29) is 11.7 Å². The Labute approximate surface area is 76.0 Å². The highest BCUT2D eigenvalue weighted by Crippen LogP contribution is 2.20. The number of aromatic nitrogens is 1. The Balaban J connectivity index is 3.00. The van der Waals surface area contributed by atoms with Gasteiger partial charge in [-0.05, 0) is 21.0 Å². The van der Waals surface area contributed by atoms with Crippen LogP contribution in [0, 0.1) is 0 Å². The van der Waals surface area contributed by atoms with Crippen LogP contribution in [-0.4, -0.2) is 35.1 Å². The third kappa shape index (κ3) is 1.86. The van der Waals surface area contributed by atoms with Gasteiger partial charge in [0.25, 0.3) is 0 Å². The molecule has 0 aliphatic heterocycles. The van der Waals surface area contributed by atoms with Crippen molar-refractivity contribution in [2.24, 2.45) is 0 Å². The normalized spacial score (nSPS) is 13.2. The monoisotopic (exact) mass is 184 g/mol. The average molecular weight is 184 g/mol. The van der Waals surface area contributed by atoms with Crippen molar-refractivity contribution in [3.8, 4) is 0 Å². The molecular formula is C8H12N2O3. The summed E-state index contributed by atoms with van der Waals surface area (Å²) in [6.45, 7) is 1.85. The molecule has 1 rings (SSSR count). The Kier molecular flexibility index (Phi) is 2.67. The molecule has 1 aromatic heterocycles. The van der Waals surface area contributed by atoms with Crippen molar-refractivity contribution in [1.29, 1.82) is 0 Å². The van der Waals surface area contributed by atoms with Crippen LogP contribution in [0.15, 0.2) is 10.8 Å². The predicted molar refractivity (Wildman–Crippen MR) is 45.6 cm³/mol. The van der Waals surface area contributed by atoms with E-state index in [2.05, 4.69) is 4.98 Å². The Bertz CT molecular complexity index is 306. The van der Waals surface area contributed by atoms with Crippen molar-refractivity contribution in [2.45, 2.75) is 13.0 Å². The number of carboxylic acids is 1. The number of aromatic carboxylic acids is 1. The lowest BCUT2D eigenvalue weighted by Crippen LogP contribution is -2.18. The molecule has 0 aliphatic carbocycles. The molecule has 0 radical (unpaired) electrons. The number of hydrogen-bond donors (Lipinski definition) is 1. The van der Waals surface area contributed by atoms with Crippen molar-refractivity contribution in [3.63, 3.8) is 0 Å². The topological polar surface area (TPSA) is 66.6 Å². The van der Waals surface area contributed by atoms with Gasteiger partial charge >= 0.3 is 5.97 Å². The summed E-state index contributed by atoms with van der Waals surface area (Å²) in [5.74, 6) is -0.671. The van der Waals surface area contributed by atoms with Gasteiger partial charge in [-0.1, -0.05) is 0 Å². The fourth-order valence-electron chi connectivity index (χ4n) is 0.947. The van der Waals surface area contributed by atoms with Crippen LogP contribution >= 0.6 is 0 Å². The van der Waals surface area contributed by atoms with Gasteiger partial charge in [0.15, 0.2) is 17.8 Å². The molecule has 0 spiro atoms. The Hall–Kier alpha value is -1.36. The minimum absolute atomic E-state index is 0.0128. The van der Waals surface area contributed by atoms with Crippen molar-refractivity contribution in [2.75, 3.05) is 14.1 Å². The van der Waals surface area contributed by atoms with Gasteiger partial charge in [-0.15, -0.1) is 0 Å². The first kappa shape index (κ1) is 9.73. The lowest BCUT2D eigenvalue weighted by atomic mass is 10.2. The van der Waals surface area contributed by atoms with Gasteiger partial charge in [0, 0.05) is 0 Å². The van der Waals surface area contributed by atoms with Crippen LogP contribution < -0.4 is 0 Å². The third-order valence-corrected chi connectivity index (χ3v) is 1.95. The van der Waals surface area contributed by atoms with E-state index in [0.29, 0.717) is 5.76 Å². The minimum atomic E-state index is -1.06. The highest BCUT2D eigenvalue weighted by Gasteiger charge is 2.21. The fourth-order valence-corrected chi connectivity index (χ4v) is 0.947. The summed E-state index contributed by atoms with van der Waals surface area (Å²) in [4.78, 5) is 16.1. The average Bonchev–Trinajstić information content (AvgIpc) is 2.50. The number of rotatable bonds is 3. The molecule has 0 aliphatic rings. The summed E-state index contributed by atoms with van der Waals surface area (Å²) in [7, 11) is 3.69. The van der Waals surface area contributed by atoms with E-state index >= 15 is 0 Å². The van der Waals surface area contributed by atoms with Gasteiger partial charge in [0.1, 0.15) is 0 Å². The molecule has 0 aromatic carbocycles. The van der Waals surface area contributed by atoms with Crippen LogP contribution in [0.1, 0.15) is 29.2 Å². The third-order valence-electron chi connectivity index (χ3n) is 1.95. The van der Waals surface area contributed by atoms with E-state index in [9.17, 15) is 4.79 Å². The van der Waals surface area contributed by atoms with Crippen LogP contribution in [-0.2, 0) is 0 Å². The largest absolute Gasteiger partial charge is 0.476 e. The lowest BCUT2D eigenvalue weighted by molar-refractivity contribution is 0.0686. The van der Waals surface area contributed by atoms with Crippen LogP contribution in [0.25, 0.3) is 0 Å². The quantitative estimate of drug-likeness (QED) is 0.758. The molecule has 1 aromatic rings. The van der Waals surface area contributed by atoms with Gasteiger partial charge in [-0.25, -0.2) is 9.78 Å². The van der Waals surface area contributed by atoms with Crippen LogP contribution in [0.2, 0.25) is 0 Å². The van der Waals surface area contributed by atoms with E-state index in [1.54, 1.807) is 0 Å². The number of carbonyl (C=O) groups is 1. The van der Waals surface area contributed by atoms with E-state index in [0.717, 1.165) is 6.39 Å². The van der Waals surface area contributed by atoms with E-state index in [1.807, 2.05) is 25.9 Å². The molecule has 0 bridgehead atoms. The molecule has 1 atom stereocenters. The molecule has 1 heterocycles. The first-order valence-corrected chi connectivity index (χ1v) is 3.87. The smallest absolute Gasteiger partial charge is 0.358 e. The molecule has 5 heteroatoms. The van der Waals surface area contributed by atoms with Crippen molar-refractivity contribution in [3.05, 3.63) is 17.8 Å². The molecule has 1 N–H and O–H groups in total. The van der Waals surface area contributed by atoms with E-state index in [1.165, 1.54) is 0 Å². The van der Waals surface area contributed by atoms with Gasteiger partial charge in [0.05, 0.1) is 6.04 Å². The second kappa shape index (κ2) is 3.57. The molecule has 0 amide bonds. The second-order valence-corrected chi connectivity index (χ2v) is 3.01. The second-order valence-electron chi connectivity index (χ2n) is 3.01. The van der Waals surface area contributed by atoms with Crippen LogP contribution in [0.3, 0.4) is 0 Å². The number of carboxylic acid groups (broad SMARTS) is 1. The zero-order valence-corrected chi connectivity index (χ0v) is 7.81. The molecule has 5 nitrogen and oxygen atoms in total. The SMILES string of the molecule is C[C@@H](c1ocnc1C(=O)O)N(C)C. The summed E-state index contributed by atoms with van der Waals surface area (Å²) in [6, 6.07) is -0.0893. The molecule has 72 valence electrons. The lowest BCUT2D eigenvalue weighted by Gasteiger charge is -2.16. The van der Waals surface area contributed by atoms with Crippen LogP contribution in [0.4, 0.5) is 0 Å². The zero-order valence-electron chi connectivity index (χ0n) is 7.81. The molecule has 13 heavy (non-hydrogen) atoms. The molecule has 0 fully saturated rings. The van der Waals surface area contributed by atoms with Crippen molar-refractivity contribution in [1.82, 2.24) is 9.88 Å². The van der Waals surface area contributed by atoms with Crippen molar-refractivity contribution >= 4 is 5.97 Å². The standard InChI is InChI=1S/C8H12N2O3/c1-5(10(2)3)7-6(8(11)12)9-4-13-7/h4-5H,1-3H3,(H,11,12)/t5-/m0/s1. The maximum Gasteiger partial charge on any atom is 0.358 e. The van der Waals surface area contributed by atoms with Gasteiger partial charge in [-0.2, -0.15) is 0 Å². The number of nitrogens with zero attached hydrogens (tertiary/aromatic N) is 2.